The van der Waals surface area contributed by atoms with E-state index in [-0.39, 0.29) is 17.7 Å². The van der Waals surface area contributed by atoms with Crippen LogP contribution in [0.2, 0.25) is 0 Å². The molecule has 2 atom stereocenters. The van der Waals surface area contributed by atoms with Crippen molar-refractivity contribution in [2.75, 3.05) is 18.6 Å². The molecule has 1 aliphatic rings. The zero-order chi connectivity index (χ0) is 15.0. The van der Waals surface area contributed by atoms with Crippen molar-refractivity contribution >= 4 is 22.7 Å². The van der Waals surface area contributed by atoms with Crippen molar-refractivity contribution in [3.8, 4) is 0 Å². The smallest absolute Gasteiger partial charge is 0.336 e. The van der Waals surface area contributed by atoms with E-state index in [1.165, 1.54) is 0 Å². The molecule has 2 unspecified atom stereocenters. The molecular formula is C16H18N2O3. The van der Waals surface area contributed by atoms with Crippen molar-refractivity contribution in [3.05, 3.63) is 35.9 Å². The Kier molecular flexibility index (Phi) is 3.51. The predicted molar refractivity (Wildman–Crippen MR) is 80.9 cm³/mol. The summed E-state index contributed by atoms with van der Waals surface area (Å²) in [6, 6.07) is 9.19. The maximum absolute atomic E-state index is 11.5. The molecule has 0 bridgehead atoms. The van der Waals surface area contributed by atoms with Crippen LogP contribution in [0.4, 0.5) is 5.82 Å². The molecule has 0 spiro atoms. The lowest BCUT2D eigenvalue weighted by molar-refractivity contribution is 0.0699. The molecule has 1 N–H and O–H groups in total. The first-order valence-corrected chi connectivity index (χ1v) is 7.05. The molecule has 1 saturated heterocycles. The molecule has 5 nitrogen and oxygen atoms in total. The van der Waals surface area contributed by atoms with Gasteiger partial charge in [-0.05, 0) is 25.5 Å². The van der Waals surface area contributed by atoms with E-state index in [9.17, 15) is 9.90 Å². The molecule has 3 rings (SSSR count). The van der Waals surface area contributed by atoms with E-state index in [0.29, 0.717) is 16.7 Å². The van der Waals surface area contributed by atoms with Gasteiger partial charge >= 0.3 is 5.97 Å². The number of carboxylic acids is 1. The third-order valence-electron chi connectivity index (χ3n) is 4.13. The second-order valence-electron chi connectivity index (χ2n) is 5.39. The summed E-state index contributed by atoms with van der Waals surface area (Å²) < 4.78 is 5.59. The number of hydrogen-bond acceptors (Lipinski definition) is 4. The number of likely N-dealkylation sites (N-methyl/N-ethyl adjacent to an activating group) is 1. The van der Waals surface area contributed by atoms with Crippen molar-refractivity contribution in [1.29, 1.82) is 0 Å². The summed E-state index contributed by atoms with van der Waals surface area (Å²) in [7, 11) is 1.94. The zero-order valence-electron chi connectivity index (χ0n) is 12.1. The topological polar surface area (TPSA) is 62.7 Å². The third-order valence-corrected chi connectivity index (χ3v) is 4.13. The second-order valence-corrected chi connectivity index (χ2v) is 5.39. The molecule has 2 heterocycles. The SMILES string of the molecule is CC1OCCC1N(C)c1cc(C(=O)O)c2ccccc2n1. The van der Waals surface area contributed by atoms with Crippen LogP contribution in [0.5, 0.6) is 0 Å². The Bertz CT molecular complexity index is 686. The van der Waals surface area contributed by atoms with Crippen LogP contribution in [0.1, 0.15) is 23.7 Å². The van der Waals surface area contributed by atoms with E-state index in [1.807, 2.05) is 37.1 Å². The highest BCUT2D eigenvalue weighted by molar-refractivity contribution is 6.03. The molecule has 1 aromatic carbocycles. The first kappa shape index (κ1) is 13.8. The standard InChI is InChI=1S/C16H18N2O3/c1-10-14(7-8-21-10)18(2)15-9-12(16(19)20)11-5-3-4-6-13(11)17-15/h3-6,9-10,14H,7-8H2,1-2H3,(H,19,20). The lowest BCUT2D eigenvalue weighted by Gasteiger charge is -2.28. The van der Waals surface area contributed by atoms with E-state index in [0.717, 1.165) is 13.0 Å². The summed E-state index contributed by atoms with van der Waals surface area (Å²) in [5.74, 6) is -0.257. The van der Waals surface area contributed by atoms with Crippen LogP contribution in [-0.4, -0.2) is 41.9 Å². The number of pyridine rings is 1. The van der Waals surface area contributed by atoms with Crippen LogP contribution in [0, 0.1) is 0 Å². The van der Waals surface area contributed by atoms with Crippen molar-refractivity contribution in [3.63, 3.8) is 0 Å². The van der Waals surface area contributed by atoms with Crippen molar-refractivity contribution in [1.82, 2.24) is 4.98 Å². The van der Waals surface area contributed by atoms with Crippen LogP contribution < -0.4 is 4.90 Å². The molecule has 1 aromatic heterocycles. The summed E-state index contributed by atoms with van der Waals surface area (Å²) in [4.78, 5) is 18.1. The van der Waals surface area contributed by atoms with Gasteiger partial charge in [0.2, 0.25) is 0 Å². The van der Waals surface area contributed by atoms with Gasteiger partial charge in [-0.1, -0.05) is 18.2 Å². The van der Waals surface area contributed by atoms with Gasteiger partial charge in [-0.15, -0.1) is 0 Å². The number of ether oxygens (including phenoxy) is 1. The average Bonchev–Trinajstić information content (AvgIpc) is 2.91. The molecule has 110 valence electrons. The number of benzene rings is 1. The lowest BCUT2D eigenvalue weighted by atomic mass is 10.1. The molecule has 0 radical (unpaired) electrons. The Labute approximate surface area is 123 Å². The van der Waals surface area contributed by atoms with Gasteiger partial charge in [-0.2, -0.15) is 0 Å². The van der Waals surface area contributed by atoms with Crippen LogP contribution in [-0.2, 0) is 4.74 Å². The molecule has 0 saturated carbocycles. The maximum atomic E-state index is 11.5. The highest BCUT2D eigenvalue weighted by atomic mass is 16.5. The minimum Gasteiger partial charge on any atom is -0.478 e. The first-order valence-electron chi connectivity index (χ1n) is 7.05. The highest BCUT2D eigenvalue weighted by Crippen LogP contribution is 2.27. The average molecular weight is 286 g/mol. The minimum atomic E-state index is -0.932. The van der Waals surface area contributed by atoms with Gasteiger partial charge in [0, 0.05) is 19.0 Å². The number of para-hydroxylation sites is 1. The summed E-state index contributed by atoms with van der Waals surface area (Å²) in [5, 5.41) is 10.1. The number of carbonyl (C=O) groups is 1. The molecule has 1 aliphatic heterocycles. The number of anilines is 1. The monoisotopic (exact) mass is 286 g/mol. The number of carboxylic acid groups (broad SMARTS) is 1. The van der Waals surface area contributed by atoms with E-state index < -0.39 is 5.97 Å². The fourth-order valence-electron chi connectivity index (χ4n) is 2.92. The molecule has 5 heteroatoms. The minimum absolute atomic E-state index is 0.122. The quantitative estimate of drug-likeness (QED) is 0.939. The fraction of sp³-hybridized carbons (Fsp3) is 0.375. The molecule has 1 fully saturated rings. The number of nitrogens with zero attached hydrogens (tertiary/aromatic N) is 2. The number of rotatable bonds is 3. The predicted octanol–water partition coefficient (Wildman–Crippen LogP) is 2.55. The van der Waals surface area contributed by atoms with Crippen LogP contribution >= 0.6 is 0 Å². The second kappa shape index (κ2) is 5.33. The fourth-order valence-corrected chi connectivity index (χ4v) is 2.92. The Hall–Kier alpha value is -2.14. The molecule has 0 aliphatic carbocycles. The molecule has 2 aromatic rings. The van der Waals surface area contributed by atoms with Gasteiger partial charge in [0.05, 0.1) is 23.2 Å². The molecule has 21 heavy (non-hydrogen) atoms. The van der Waals surface area contributed by atoms with Gasteiger partial charge in [-0.25, -0.2) is 9.78 Å². The number of hydrogen-bond donors (Lipinski definition) is 1. The van der Waals surface area contributed by atoms with Gasteiger partial charge in [0.1, 0.15) is 5.82 Å². The van der Waals surface area contributed by atoms with Crippen LogP contribution in [0.15, 0.2) is 30.3 Å². The molecular weight excluding hydrogens is 268 g/mol. The molecule has 0 amide bonds. The van der Waals surface area contributed by atoms with Gasteiger partial charge in [0.15, 0.2) is 0 Å². The Morgan fingerprint density at radius 3 is 2.86 bits per heavy atom. The summed E-state index contributed by atoms with van der Waals surface area (Å²) >= 11 is 0. The van der Waals surface area contributed by atoms with Crippen molar-refractivity contribution in [2.24, 2.45) is 0 Å². The van der Waals surface area contributed by atoms with E-state index in [4.69, 9.17) is 4.74 Å². The Morgan fingerprint density at radius 2 is 2.19 bits per heavy atom. The van der Waals surface area contributed by atoms with Gasteiger partial charge in [0.25, 0.3) is 0 Å². The Morgan fingerprint density at radius 1 is 1.43 bits per heavy atom. The largest absolute Gasteiger partial charge is 0.478 e. The maximum Gasteiger partial charge on any atom is 0.336 e. The summed E-state index contributed by atoms with van der Waals surface area (Å²) in [6.45, 7) is 2.77. The van der Waals surface area contributed by atoms with Gasteiger partial charge < -0.3 is 14.7 Å². The zero-order valence-corrected chi connectivity index (χ0v) is 12.1. The highest BCUT2D eigenvalue weighted by Gasteiger charge is 2.29. The normalized spacial score (nSPS) is 21.6. The van der Waals surface area contributed by atoms with E-state index in [1.54, 1.807) is 12.1 Å². The summed E-state index contributed by atoms with van der Waals surface area (Å²) in [6.07, 6.45) is 1.05. The number of aromatic carboxylic acids is 1. The van der Waals surface area contributed by atoms with Crippen LogP contribution in [0.25, 0.3) is 10.9 Å². The van der Waals surface area contributed by atoms with Crippen LogP contribution in [0.3, 0.4) is 0 Å². The van der Waals surface area contributed by atoms with E-state index >= 15 is 0 Å². The number of fused-ring (bicyclic) bond motifs is 1. The first-order chi connectivity index (χ1) is 10.1. The number of aromatic nitrogens is 1. The van der Waals surface area contributed by atoms with Crippen molar-refractivity contribution in [2.45, 2.75) is 25.5 Å². The summed E-state index contributed by atoms with van der Waals surface area (Å²) in [5.41, 5.74) is 0.986. The van der Waals surface area contributed by atoms with Crippen molar-refractivity contribution < 1.29 is 14.6 Å². The van der Waals surface area contributed by atoms with E-state index in [2.05, 4.69) is 4.98 Å². The third kappa shape index (κ3) is 2.45. The Balaban J connectivity index is 2.08. The van der Waals surface area contributed by atoms with Gasteiger partial charge in [-0.3, -0.25) is 0 Å². The lowest BCUT2D eigenvalue weighted by Crippen LogP contribution is -2.37.